The summed E-state index contributed by atoms with van der Waals surface area (Å²) in [6, 6.07) is -0.431. The molecule has 19 heavy (non-hydrogen) atoms. The van der Waals surface area contributed by atoms with Crippen molar-refractivity contribution in [2.75, 3.05) is 18.4 Å². The van der Waals surface area contributed by atoms with Gasteiger partial charge in [-0.25, -0.2) is 5.10 Å². The second-order valence-electron chi connectivity index (χ2n) is 4.68. The van der Waals surface area contributed by atoms with Crippen LogP contribution >= 0.6 is 11.6 Å². The fourth-order valence-electron chi connectivity index (χ4n) is 2.17. The zero-order valence-corrected chi connectivity index (χ0v) is 11.5. The van der Waals surface area contributed by atoms with Gasteiger partial charge in [0.1, 0.15) is 11.1 Å². The monoisotopic (exact) mass is 284 g/mol. The fraction of sp³-hybridized carbons (Fsp3) is 0.583. The Bertz CT molecular complexity index is 511. The molecule has 1 aliphatic heterocycles. The summed E-state index contributed by atoms with van der Waals surface area (Å²) in [4.78, 5) is 25.4. The molecule has 1 amide bonds. The molecule has 104 valence electrons. The minimum atomic E-state index is -0.468. The van der Waals surface area contributed by atoms with Crippen LogP contribution in [0.2, 0.25) is 5.02 Å². The van der Waals surface area contributed by atoms with Gasteiger partial charge in [0.05, 0.1) is 11.9 Å². The van der Waals surface area contributed by atoms with Gasteiger partial charge in [0, 0.05) is 13.1 Å². The summed E-state index contributed by atoms with van der Waals surface area (Å²) in [5.74, 6) is 0.0241. The van der Waals surface area contributed by atoms with Crippen molar-refractivity contribution in [2.24, 2.45) is 0 Å². The molecule has 0 aromatic carbocycles. The molecular formula is C12H17ClN4O2. The molecule has 1 aromatic rings. The lowest BCUT2D eigenvalue weighted by Gasteiger charge is -2.29. The van der Waals surface area contributed by atoms with E-state index in [-0.39, 0.29) is 10.9 Å². The topological polar surface area (TPSA) is 78.1 Å². The molecule has 1 aromatic heterocycles. The second kappa shape index (κ2) is 6.06. The van der Waals surface area contributed by atoms with Crippen molar-refractivity contribution < 1.29 is 4.79 Å². The molecule has 1 fully saturated rings. The number of anilines is 1. The predicted octanol–water partition coefficient (Wildman–Crippen LogP) is 1.24. The predicted molar refractivity (Wildman–Crippen MR) is 73.4 cm³/mol. The third-order valence-electron chi connectivity index (χ3n) is 3.21. The standard InChI is InChI=1S/C12H17ClN4O2/c1-8(12(19)17-5-3-2-4-6-17)15-9-7-14-16-11(18)10(9)13/h7-8H,2-6H2,1H3,(H2,15,16,18). The van der Waals surface area contributed by atoms with Crippen molar-refractivity contribution in [3.63, 3.8) is 0 Å². The SMILES string of the molecule is CC(Nc1cn[nH]c(=O)c1Cl)C(=O)N1CCCCC1. The number of hydrogen-bond donors (Lipinski definition) is 2. The summed E-state index contributed by atoms with van der Waals surface area (Å²) >= 11 is 5.86. The van der Waals surface area contributed by atoms with Crippen LogP contribution in [0.3, 0.4) is 0 Å². The van der Waals surface area contributed by atoms with Crippen LogP contribution in [0.1, 0.15) is 26.2 Å². The number of rotatable bonds is 3. The van der Waals surface area contributed by atoms with Crippen molar-refractivity contribution >= 4 is 23.2 Å². The van der Waals surface area contributed by atoms with Crippen LogP contribution in [-0.2, 0) is 4.79 Å². The molecule has 1 aliphatic rings. The van der Waals surface area contributed by atoms with E-state index in [9.17, 15) is 9.59 Å². The van der Waals surface area contributed by atoms with Gasteiger partial charge >= 0.3 is 0 Å². The Morgan fingerprint density at radius 2 is 2.16 bits per heavy atom. The lowest BCUT2D eigenvalue weighted by Crippen LogP contribution is -2.44. The van der Waals surface area contributed by atoms with Crippen LogP contribution < -0.4 is 10.9 Å². The maximum atomic E-state index is 12.2. The Kier molecular flexibility index (Phi) is 4.42. The number of nitrogens with zero attached hydrogens (tertiary/aromatic N) is 2. The fourth-order valence-corrected chi connectivity index (χ4v) is 2.31. The lowest BCUT2D eigenvalue weighted by atomic mass is 10.1. The van der Waals surface area contributed by atoms with E-state index in [4.69, 9.17) is 11.6 Å². The number of H-pyrrole nitrogens is 1. The number of carbonyl (C=O) groups is 1. The van der Waals surface area contributed by atoms with Crippen molar-refractivity contribution in [1.82, 2.24) is 15.1 Å². The Morgan fingerprint density at radius 1 is 1.47 bits per heavy atom. The van der Waals surface area contributed by atoms with Crippen molar-refractivity contribution in [3.8, 4) is 0 Å². The van der Waals surface area contributed by atoms with Crippen LogP contribution in [0.5, 0.6) is 0 Å². The highest BCUT2D eigenvalue weighted by molar-refractivity contribution is 6.33. The highest BCUT2D eigenvalue weighted by atomic mass is 35.5. The Morgan fingerprint density at radius 3 is 2.84 bits per heavy atom. The summed E-state index contributed by atoms with van der Waals surface area (Å²) in [6.07, 6.45) is 4.68. The summed E-state index contributed by atoms with van der Waals surface area (Å²) < 4.78 is 0. The van der Waals surface area contributed by atoms with E-state index >= 15 is 0 Å². The Hall–Kier alpha value is -1.56. The maximum Gasteiger partial charge on any atom is 0.285 e. The summed E-state index contributed by atoms with van der Waals surface area (Å²) in [5, 5.41) is 8.86. The molecule has 2 N–H and O–H groups in total. The maximum absolute atomic E-state index is 12.2. The van der Waals surface area contributed by atoms with E-state index in [1.165, 1.54) is 12.6 Å². The normalized spacial score (nSPS) is 17.1. The van der Waals surface area contributed by atoms with Crippen molar-refractivity contribution in [2.45, 2.75) is 32.2 Å². The first-order valence-electron chi connectivity index (χ1n) is 6.38. The van der Waals surface area contributed by atoms with Gasteiger partial charge in [-0.2, -0.15) is 5.10 Å². The number of aromatic nitrogens is 2. The van der Waals surface area contributed by atoms with Crippen molar-refractivity contribution in [1.29, 1.82) is 0 Å². The minimum absolute atomic E-state index is 0.0216. The van der Waals surface area contributed by atoms with E-state index in [1.807, 2.05) is 4.90 Å². The number of piperidine rings is 1. The lowest BCUT2D eigenvalue weighted by molar-refractivity contribution is -0.132. The number of carbonyl (C=O) groups excluding carboxylic acids is 1. The highest BCUT2D eigenvalue weighted by Gasteiger charge is 2.22. The first kappa shape index (κ1) is 13.9. The van der Waals surface area contributed by atoms with Gasteiger partial charge in [0.15, 0.2) is 0 Å². The molecule has 0 aliphatic carbocycles. The molecule has 1 unspecified atom stereocenters. The van der Waals surface area contributed by atoms with Crippen LogP contribution in [0.25, 0.3) is 0 Å². The molecule has 1 atom stereocenters. The van der Waals surface area contributed by atoms with Gasteiger partial charge in [-0.3, -0.25) is 9.59 Å². The number of hydrogen-bond acceptors (Lipinski definition) is 4. The van der Waals surface area contributed by atoms with Gasteiger partial charge in [-0.1, -0.05) is 11.6 Å². The summed E-state index contributed by atoms with van der Waals surface area (Å²) in [6.45, 7) is 3.35. The molecule has 0 radical (unpaired) electrons. The van der Waals surface area contributed by atoms with Crippen LogP contribution in [-0.4, -0.2) is 40.1 Å². The van der Waals surface area contributed by atoms with Gasteiger partial charge < -0.3 is 10.2 Å². The molecule has 2 heterocycles. The van der Waals surface area contributed by atoms with Gasteiger partial charge in [0.2, 0.25) is 5.91 Å². The molecule has 2 rings (SSSR count). The number of likely N-dealkylation sites (tertiary alicyclic amines) is 1. The Balaban J connectivity index is 2.03. The molecule has 7 heteroatoms. The van der Waals surface area contributed by atoms with Gasteiger partial charge in [-0.05, 0) is 26.2 Å². The smallest absolute Gasteiger partial charge is 0.285 e. The average molecular weight is 285 g/mol. The van der Waals surface area contributed by atoms with Gasteiger partial charge in [0.25, 0.3) is 5.56 Å². The number of nitrogens with one attached hydrogen (secondary N) is 2. The highest BCUT2D eigenvalue weighted by Crippen LogP contribution is 2.17. The van der Waals surface area contributed by atoms with Crippen LogP contribution in [0, 0.1) is 0 Å². The zero-order valence-electron chi connectivity index (χ0n) is 10.8. The molecular weight excluding hydrogens is 268 g/mol. The summed E-state index contributed by atoms with van der Waals surface area (Å²) in [5.41, 5.74) is -0.0902. The minimum Gasteiger partial charge on any atom is -0.371 e. The van der Waals surface area contributed by atoms with Crippen molar-refractivity contribution in [3.05, 3.63) is 21.6 Å². The molecule has 0 bridgehead atoms. The first-order valence-corrected chi connectivity index (χ1v) is 6.76. The molecule has 1 saturated heterocycles. The third kappa shape index (κ3) is 3.26. The number of halogens is 1. The number of amides is 1. The van der Waals surface area contributed by atoms with Gasteiger partial charge in [-0.15, -0.1) is 0 Å². The van der Waals surface area contributed by atoms with Crippen LogP contribution in [0.15, 0.2) is 11.0 Å². The van der Waals surface area contributed by atoms with E-state index in [0.717, 1.165) is 25.9 Å². The van der Waals surface area contributed by atoms with Crippen LogP contribution in [0.4, 0.5) is 5.69 Å². The molecule has 6 nitrogen and oxygen atoms in total. The number of aromatic amines is 1. The third-order valence-corrected chi connectivity index (χ3v) is 3.58. The van der Waals surface area contributed by atoms with E-state index in [0.29, 0.717) is 5.69 Å². The van der Waals surface area contributed by atoms with E-state index in [1.54, 1.807) is 6.92 Å². The largest absolute Gasteiger partial charge is 0.371 e. The first-order chi connectivity index (χ1) is 9.09. The second-order valence-corrected chi connectivity index (χ2v) is 5.06. The zero-order chi connectivity index (χ0) is 13.8. The molecule has 0 saturated carbocycles. The van der Waals surface area contributed by atoms with E-state index in [2.05, 4.69) is 15.5 Å². The Labute approximate surface area is 116 Å². The molecule has 0 spiro atoms. The quantitative estimate of drug-likeness (QED) is 0.875. The average Bonchev–Trinajstić information content (AvgIpc) is 2.44. The van der Waals surface area contributed by atoms with E-state index < -0.39 is 11.6 Å². The summed E-state index contributed by atoms with van der Waals surface area (Å²) in [7, 11) is 0.